The maximum atomic E-state index is 11.8. The molecule has 160 valence electrons. The molecule has 0 fully saturated rings. The molecule has 0 amide bonds. The topological polar surface area (TPSA) is 86.7 Å². The van der Waals surface area contributed by atoms with Crippen molar-refractivity contribution in [2.45, 2.75) is 76.0 Å². The van der Waals surface area contributed by atoms with E-state index < -0.39 is 10.1 Å². The molecule has 0 atom stereocenters. The van der Waals surface area contributed by atoms with E-state index in [2.05, 4.69) is 6.92 Å². The quantitative estimate of drug-likeness (QED) is 0.293. The van der Waals surface area contributed by atoms with Gasteiger partial charge in [-0.3, -0.25) is 4.55 Å². The van der Waals surface area contributed by atoms with E-state index >= 15 is 0 Å². The molecule has 0 radical (unpaired) electrons. The molecule has 0 aliphatic carbocycles. The van der Waals surface area contributed by atoms with Crippen LogP contribution in [0.15, 0.2) is 47.4 Å². The van der Waals surface area contributed by atoms with Crippen LogP contribution in [0.4, 0.5) is 0 Å². The van der Waals surface area contributed by atoms with E-state index in [-0.39, 0.29) is 46.0 Å². The second-order valence-corrected chi connectivity index (χ2v) is 8.82. The summed E-state index contributed by atoms with van der Waals surface area (Å²) in [6, 6.07) is 10.3. The van der Waals surface area contributed by atoms with Crippen LogP contribution in [-0.2, 0) is 16.5 Å². The zero-order valence-corrected chi connectivity index (χ0v) is 20.9. The zero-order valence-electron chi connectivity index (χ0n) is 18.1. The molecule has 0 aliphatic rings. The molecular formula is C23H31NaO5S. The molecular weight excluding hydrogens is 411 g/mol. The summed E-state index contributed by atoms with van der Waals surface area (Å²) in [7, 11) is -4.31. The number of hydrogen-bond acceptors (Lipinski definition) is 4. The predicted molar refractivity (Wildman–Crippen MR) is 113 cm³/mol. The van der Waals surface area contributed by atoms with Gasteiger partial charge in [0.2, 0.25) is 0 Å². The number of benzene rings is 2. The maximum Gasteiger partial charge on any atom is 1.00 e. The first-order chi connectivity index (χ1) is 13.9. The summed E-state index contributed by atoms with van der Waals surface area (Å²) in [5.41, 5.74) is 0.921. The molecule has 0 aromatic heterocycles. The van der Waals surface area contributed by atoms with Gasteiger partial charge < -0.3 is 9.84 Å². The van der Waals surface area contributed by atoms with E-state index in [1.54, 1.807) is 12.1 Å². The predicted octanol–water partition coefficient (Wildman–Crippen LogP) is 2.88. The van der Waals surface area contributed by atoms with Gasteiger partial charge in [0, 0.05) is 6.07 Å². The Kier molecular flexibility index (Phi) is 12.7. The van der Waals surface area contributed by atoms with Gasteiger partial charge in [-0.2, -0.15) is 8.42 Å². The molecule has 0 bridgehead atoms. The fourth-order valence-electron chi connectivity index (χ4n) is 3.29. The maximum absolute atomic E-state index is 11.8. The molecule has 0 unspecified atom stereocenters. The molecule has 2 aromatic carbocycles. The Morgan fingerprint density at radius 1 is 0.900 bits per heavy atom. The zero-order chi connectivity index (χ0) is 21.1. The van der Waals surface area contributed by atoms with Crippen molar-refractivity contribution in [2.75, 3.05) is 0 Å². The first-order valence-electron chi connectivity index (χ1n) is 10.5. The molecule has 1 N–H and O–H groups in total. The number of aryl methyl sites for hydroxylation is 1. The van der Waals surface area contributed by atoms with Gasteiger partial charge in [0.25, 0.3) is 10.1 Å². The van der Waals surface area contributed by atoms with Gasteiger partial charge in [0.05, 0.1) is 4.90 Å². The molecule has 0 saturated heterocycles. The Balaban J connectivity index is 0.00000450. The van der Waals surface area contributed by atoms with Gasteiger partial charge in [-0.15, -0.1) is 5.75 Å². The third kappa shape index (κ3) is 9.84. The SMILES string of the molecule is CCCCCCCCCCCc1ccc([O-])cc1Oc1cccc(S(=O)(=O)O)c1.[Na+]. The third-order valence-electron chi connectivity index (χ3n) is 4.92. The van der Waals surface area contributed by atoms with Crippen molar-refractivity contribution in [3.8, 4) is 17.2 Å². The standard InChI is InChI=1S/C23H32O5S.Na/c1-2-3-4-5-6-7-8-9-10-12-19-15-16-20(24)17-23(19)28-21-13-11-14-22(18-21)29(25,26)27;/h11,13-18,24H,2-10,12H2,1H3,(H,25,26,27);/q;+1/p-1. The second kappa shape index (κ2) is 14.1. The smallest absolute Gasteiger partial charge is 0.872 e. The minimum Gasteiger partial charge on any atom is -0.872 e. The number of rotatable bonds is 13. The Bertz CT molecular complexity index is 868. The van der Waals surface area contributed by atoms with Crippen LogP contribution in [0.2, 0.25) is 0 Å². The molecule has 5 nitrogen and oxygen atoms in total. The summed E-state index contributed by atoms with van der Waals surface area (Å²) in [5, 5.41) is 11.8. The first-order valence-corrected chi connectivity index (χ1v) is 11.9. The van der Waals surface area contributed by atoms with Crippen LogP contribution >= 0.6 is 0 Å². The van der Waals surface area contributed by atoms with Gasteiger partial charge in [-0.05, 0) is 36.6 Å². The first kappa shape index (κ1) is 27.0. The number of ether oxygens (including phenoxy) is 1. The van der Waals surface area contributed by atoms with Crippen molar-refractivity contribution in [1.82, 2.24) is 0 Å². The van der Waals surface area contributed by atoms with Crippen LogP contribution in [0.1, 0.15) is 70.3 Å². The second-order valence-electron chi connectivity index (χ2n) is 7.40. The Labute approximate surface area is 202 Å². The molecule has 0 saturated carbocycles. The minimum absolute atomic E-state index is 0. The van der Waals surface area contributed by atoms with Gasteiger partial charge in [-0.1, -0.05) is 76.5 Å². The van der Waals surface area contributed by atoms with Crippen molar-refractivity contribution in [2.24, 2.45) is 0 Å². The average molecular weight is 443 g/mol. The van der Waals surface area contributed by atoms with Gasteiger partial charge in [0.15, 0.2) is 0 Å². The molecule has 30 heavy (non-hydrogen) atoms. The van der Waals surface area contributed by atoms with Gasteiger partial charge in [0.1, 0.15) is 11.5 Å². The fourth-order valence-corrected chi connectivity index (χ4v) is 3.80. The fraction of sp³-hybridized carbons (Fsp3) is 0.478. The van der Waals surface area contributed by atoms with E-state index in [4.69, 9.17) is 4.74 Å². The van der Waals surface area contributed by atoms with E-state index in [9.17, 15) is 18.1 Å². The van der Waals surface area contributed by atoms with Crippen LogP contribution in [0.3, 0.4) is 0 Å². The minimum atomic E-state index is -4.31. The molecule has 0 heterocycles. The summed E-state index contributed by atoms with van der Waals surface area (Å²) in [4.78, 5) is -0.242. The van der Waals surface area contributed by atoms with Gasteiger partial charge in [-0.25, -0.2) is 0 Å². The molecule has 7 heteroatoms. The summed E-state index contributed by atoms with van der Waals surface area (Å²) in [5.74, 6) is 0.533. The van der Waals surface area contributed by atoms with E-state index in [1.165, 1.54) is 75.3 Å². The Morgan fingerprint density at radius 3 is 2.17 bits per heavy atom. The molecule has 0 aliphatic heterocycles. The van der Waals surface area contributed by atoms with E-state index in [0.717, 1.165) is 24.8 Å². The summed E-state index contributed by atoms with van der Waals surface area (Å²) in [6.07, 6.45) is 11.9. The summed E-state index contributed by atoms with van der Waals surface area (Å²) < 4.78 is 37.6. The van der Waals surface area contributed by atoms with Crippen LogP contribution in [0.25, 0.3) is 0 Å². The average Bonchev–Trinajstić information content (AvgIpc) is 2.68. The number of hydrogen-bond donors (Lipinski definition) is 1. The van der Waals surface area contributed by atoms with Crippen molar-refractivity contribution >= 4 is 10.1 Å². The largest absolute Gasteiger partial charge is 1.00 e. The summed E-state index contributed by atoms with van der Waals surface area (Å²) in [6.45, 7) is 2.22. The molecule has 2 rings (SSSR count). The van der Waals surface area contributed by atoms with Crippen molar-refractivity contribution in [3.05, 3.63) is 48.0 Å². The van der Waals surface area contributed by atoms with Crippen molar-refractivity contribution in [1.29, 1.82) is 0 Å². The summed E-state index contributed by atoms with van der Waals surface area (Å²) >= 11 is 0. The number of unbranched alkanes of at least 4 members (excludes halogenated alkanes) is 8. The van der Waals surface area contributed by atoms with E-state index in [0.29, 0.717) is 5.75 Å². The Hall–Kier alpha value is -1.05. The molecule has 0 spiro atoms. The van der Waals surface area contributed by atoms with E-state index in [1.807, 2.05) is 0 Å². The van der Waals surface area contributed by atoms with Crippen LogP contribution in [0.5, 0.6) is 17.2 Å². The monoisotopic (exact) mass is 442 g/mol. The normalized spacial score (nSPS) is 11.1. The van der Waals surface area contributed by atoms with Crippen molar-refractivity contribution < 1.29 is 52.4 Å². The van der Waals surface area contributed by atoms with Gasteiger partial charge >= 0.3 is 29.6 Å². The Morgan fingerprint density at radius 2 is 1.53 bits per heavy atom. The van der Waals surface area contributed by atoms with Crippen LogP contribution in [-0.4, -0.2) is 13.0 Å². The van der Waals surface area contributed by atoms with Crippen LogP contribution in [0, 0.1) is 0 Å². The van der Waals surface area contributed by atoms with Crippen LogP contribution < -0.4 is 39.4 Å². The third-order valence-corrected chi connectivity index (χ3v) is 5.77. The molecule has 2 aromatic rings. The van der Waals surface area contributed by atoms with Crippen molar-refractivity contribution in [3.63, 3.8) is 0 Å².